The van der Waals surface area contributed by atoms with Crippen LogP contribution in [0.3, 0.4) is 0 Å². The van der Waals surface area contributed by atoms with Crippen molar-refractivity contribution < 1.29 is 22.7 Å². The van der Waals surface area contributed by atoms with Gasteiger partial charge in [0.1, 0.15) is 6.04 Å². The summed E-state index contributed by atoms with van der Waals surface area (Å²) >= 11 is 0. The number of hydrogen-bond donors (Lipinski definition) is 1. The lowest BCUT2D eigenvalue weighted by Gasteiger charge is -2.26. The summed E-state index contributed by atoms with van der Waals surface area (Å²) in [5, 5.41) is 2.95. The first-order valence-electron chi connectivity index (χ1n) is 11.0. The fourth-order valence-corrected chi connectivity index (χ4v) is 6.13. The molecule has 1 heterocycles. The third-order valence-corrected chi connectivity index (χ3v) is 8.08. The Balaban J connectivity index is 1.36. The Bertz CT molecular complexity index is 1100. The number of rotatable bonds is 6. The summed E-state index contributed by atoms with van der Waals surface area (Å²) in [6.45, 7) is 1.71. The maximum Gasteiger partial charge on any atom is 0.324 e. The molecule has 1 saturated heterocycles. The molecule has 2 aromatic carbocycles. The zero-order valence-corrected chi connectivity index (χ0v) is 18.9. The summed E-state index contributed by atoms with van der Waals surface area (Å²) < 4.78 is 32.5. The van der Waals surface area contributed by atoms with Crippen molar-refractivity contribution in [2.45, 2.75) is 56.0 Å². The van der Waals surface area contributed by atoms with E-state index in [0.29, 0.717) is 12.8 Å². The molecule has 7 nitrogen and oxygen atoms in total. The highest BCUT2D eigenvalue weighted by Gasteiger charge is 2.40. The number of aryl methyl sites for hydroxylation is 2. The molecule has 1 amide bonds. The lowest BCUT2D eigenvalue weighted by Crippen LogP contribution is -2.42. The molecule has 170 valence electrons. The van der Waals surface area contributed by atoms with Crippen molar-refractivity contribution in [3.05, 3.63) is 65.2 Å². The monoisotopic (exact) mass is 456 g/mol. The molecule has 1 aliphatic heterocycles. The molecular weight excluding hydrogens is 428 g/mol. The van der Waals surface area contributed by atoms with E-state index in [2.05, 4.69) is 11.4 Å². The summed E-state index contributed by atoms with van der Waals surface area (Å²) in [4.78, 5) is 25.3. The van der Waals surface area contributed by atoms with Gasteiger partial charge in [0.15, 0.2) is 6.61 Å². The van der Waals surface area contributed by atoms with Crippen LogP contribution >= 0.6 is 0 Å². The van der Waals surface area contributed by atoms with E-state index in [4.69, 9.17) is 4.74 Å². The largest absolute Gasteiger partial charge is 0.454 e. The van der Waals surface area contributed by atoms with E-state index in [1.165, 1.54) is 9.87 Å². The standard InChI is InChI=1S/C24H28N2O5S/c1-17-11-13-19(14-12-17)32(29,30)26-15-5-10-22(26)24(28)31-16-23(27)25-21-9-4-7-18-6-2-3-8-20(18)21/h2-3,6,8,11-14,21-22H,4-5,7,9-10,15-16H2,1H3,(H,25,27)/t21-,22-/m0/s1. The number of benzene rings is 2. The van der Waals surface area contributed by atoms with Gasteiger partial charge in [-0.15, -0.1) is 0 Å². The molecule has 1 aliphatic carbocycles. The first-order valence-corrected chi connectivity index (χ1v) is 12.4. The fourth-order valence-electron chi connectivity index (χ4n) is 4.48. The van der Waals surface area contributed by atoms with Gasteiger partial charge in [0, 0.05) is 6.54 Å². The number of carbonyl (C=O) groups excluding carboxylic acids is 2. The Morgan fingerprint density at radius 3 is 2.59 bits per heavy atom. The van der Waals surface area contributed by atoms with Crippen molar-refractivity contribution in [3.8, 4) is 0 Å². The van der Waals surface area contributed by atoms with E-state index in [1.807, 2.05) is 25.1 Å². The smallest absolute Gasteiger partial charge is 0.324 e. The normalized spacial score (nSPS) is 21.0. The van der Waals surface area contributed by atoms with E-state index >= 15 is 0 Å². The lowest BCUT2D eigenvalue weighted by atomic mass is 9.88. The minimum absolute atomic E-state index is 0.101. The molecule has 4 rings (SSSR count). The van der Waals surface area contributed by atoms with Crippen molar-refractivity contribution in [2.75, 3.05) is 13.2 Å². The molecular formula is C24H28N2O5S. The number of nitrogens with zero attached hydrogens (tertiary/aromatic N) is 1. The van der Waals surface area contributed by atoms with Gasteiger partial charge in [-0.3, -0.25) is 9.59 Å². The Morgan fingerprint density at radius 1 is 1.06 bits per heavy atom. The third-order valence-electron chi connectivity index (χ3n) is 6.15. The minimum Gasteiger partial charge on any atom is -0.454 e. The number of esters is 1. The third kappa shape index (κ3) is 4.71. The van der Waals surface area contributed by atoms with Gasteiger partial charge < -0.3 is 10.1 Å². The van der Waals surface area contributed by atoms with Gasteiger partial charge in [0.25, 0.3) is 5.91 Å². The van der Waals surface area contributed by atoms with Crippen LogP contribution < -0.4 is 5.32 Å². The van der Waals surface area contributed by atoms with Gasteiger partial charge in [0.2, 0.25) is 10.0 Å². The second-order valence-electron chi connectivity index (χ2n) is 8.41. The molecule has 0 saturated carbocycles. The fraction of sp³-hybridized carbons (Fsp3) is 0.417. The Kier molecular flexibility index (Phi) is 6.62. The molecule has 1 fully saturated rings. The number of amides is 1. The van der Waals surface area contributed by atoms with Crippen LogP contribution in [0.15, 0.2) is 53.4 Å². The lowest BCUT2D eigenvalue weighted by molar-refractivity contribution is -0.151. The molecule has 2 aromatic rings. The quantitative estimate of drug-likeness (QED) is 0.675. The van der Waals surface area contributed by atoms with Crippen molar-refractivity contribution in [2.24, 2.45) is 0 Å². The van der Waals surface area contributed by atoms with Crippen LogP contribution in [-0.2, 0) is 30.8 Å². The van der Waals surface area contributed by atoms with Gasteiger partial charge >= 0.3 is 5.97 Å². The van der Waals surface area contributed by atoms with E-state index in [-0.39, 0.29) is 23.4 Å². The molecule has 2 atom stereocenters. The van der Waals surface area contributed by atoms with Crippen LogP contribution in [0.2, 0.25) is 0 Å². The molecule has 32 heavy (non-hydrogen) atoms. The van der Waals surface area contributed by atoms with Crippen molar-refractivity contribution in [3.63, 3.8) is 0 Å². The van der Waals surface area contributed by atoms with Gasteiger partial charge in [-0.25, -0.2) is 8.42 Å². The van der Waals surface area contributed by atoms with Crippen molar-refractivity contribution >= 4 is 21.9 Å². The highest BCUT2D eigenvalue weighted by Crippen LogP contribution is 2.30. The van der Waals surface area contributed by atoms with Gasteiger partial charge in [-0.1, -0.05) is 42.0 Å². The number of sulfonamides is 1. The second-order valence-corrected chi connectivity index (χ2v) is 10.3. The van der Waals surface area contributed by atoms with E-state index < -0.39 is 28.6 Å². The average molecular weight is 457 g/mol. The molecule has 0 spiro atoms. The van der Waals surface area contributed by atoms with E-state index in [1.54, 1.807) is 24.3 Å². The summed E-state index contributed by atoms with van der Waals surface area (Å²) in [6.07, 6.45) is 3.75. The number of ether oxygens (including phenoxy) is 1. The molecule has 8 heteroatoms. The van der Waals surface area contributed by atoms with Crippen LogP contribution in [0.4, 0.5) is 0 Å². The van der Waals surface area contributed by atoms with Gasteiger partial charge in [-0.05, 0) is 62.3 Å². The zero-order chi connectivity index (χ0) is 22.7. The molecule has 0 radical (unpaired) electrons. The van der Waals surface area contributed by atoms with Crippen molar-refractivity contribution in [1.29, 1.82) is 0 Å². The first-order chi connectivity index (χ1) is 15.4. The highest BCUT2D eigenvalue weighted by molar-refractivity contribution is 7.89. The minimum atomic E-state index is -3.81. The zero-order valence-electron chi connectivity index (χ0n) is 18.1. The summed E-state index contributed by atoms with van der Waals surface area (Å²) in [5.74, 6) is -1.07. The number of hydrogen-bond acceptors (Lipinski definition) is 5. The van der Waals surface area contributed by atoms with Crippen LogP contribution in [0.5, 0.6) is 0 Å². The van der Waals surface area contributed by atoms with Crippen LogP contribution in [0, 0.1) is 6.92 Å². The van der Waals surface area contributed by atoms with Gasteiger partial charge in [0.05, 0.1) is 10.9 Å². The van der Waals surface area contributed by atoms with E-state index in [0.717, 1.165) is 30.4 Å². The van der Waals surface area contributed by atoms with Crippen molar-refractivity contribution in [1.82, 2.24) is 9.62 Å². The Morgan fingerprint density at radius 2 is 1.81 bits per heavy atom. The number of carbonyl (C=O) groups is 2. The molecule has 1 N–H and O–H groups in total. The molecule has 0 unspecified atom stereocenters. The summed E-state index contributed by atoms with van der Waals surface area (Å²) in [7, 11) is -3.81. The Hall–Kier alpha value is -2.71. The maximum absolute atomic E-state index is 13.0. The maximum atomic E-state index is 13.0. The SMILES string of the molecule is Cc1ccc(S(=O)(=O)N2CCC[C@H]2C(=O)OCC(=O)N[C@H]2CCCc3ccccc32)cc1. The van der Waals surface area contributed by atoms with E-state index in [9.17, 15) is 18.0 Å². The van der Waals surface area contributed by atoms with Gasteiger partial charge in [-0.2, -0.15) is 4.31 Å². The average Bonchev–Trinajstić information content (AvgIpc) is 3.29. The molecule has 0 bridgehead atoms. The second kappa shape index (κ2) is 9.42. The summed E-state index contributed by atoms with van der Waals surface area (Å²) in [6, 6.07) is 13.5. The number of fused-ring (bicyclic) bond motifs is 1. The predicted molar refractivity (Wildman–Crippen MR) is 119 cm³/mol. The molecule has 2 aliphatic rings. The van der Waals surface area contributed by atoms with Crippen LogP contribution in [-0.4, -0.2) is 43.8 Å². The van der Waals surface area contributed by atoms with Crippen LogP contribution in [0.1, 0.15) is 48.4 Å². The summed E-state index contributed by atoms with van der Waals surface area (Å²) in [5.41, 5.74) is 3.28. The topological polar surface area (TPSA) is 92.8 Å². The Labute approximate surface area is 188 Å². The highest BCUT2D eigenvalue weighted by atomic mass is 32.2. The first kappa shape index (κ1) is 22.5. The number of nitrogens with one attached hydrogen (secondary N) is 1. The van der Waals surface area contributed by atoms with Crippen LogP contribution in [0.25, 0.3) is 0 Å². The predicted octanol–water partition coefficient (Wildman–Crippen LogP) is 2.89. The molecule has 0 aromatic heterocycles.